The van der Waals surface area contributed by atoms with Gasteiger partial charge in [-0.25, -0.2) is 4.98 Å². The van der Waals surface area contributed by atoms with Crippen LogP contribution in [0, 0.1) is 5.92 Å². The molecule has 5 rings (SSSR count). The standard InChI is InChI=1S/C21H27N3O4S2/c25-17(24-7-3-4-13(10-24)21-27-8-9-28-21)12-29-11-16-22-19(26)18-14-5-1-2-6-15(14)30-20(18)23-16/h13,21H,1-12H2,(H,22,23,26). The Morgan fingerprint density at radius 3 is 2.93 bits per heavy atom. The van der Waals surface area contributed by atoms with Crippen LogP contribution in [-0.2, 0) is 32.9 Å². The summed E-state index contributed by atoms with van der Waals surface area (Å²) in [5.41, 5.74) is 1.18. The quantitative estimate of drug-likeness (QED) is 0.756. The number of fused-ring (bicyclic) bond motifs is 3. The van der Waals surface area contributed by atoms with Gasteiger partial charge in [0.2, 0.25) is 5.91 Å². The Labute approximate surface area is 183 Å². The van der Waals surface area contributed by atoms with Gasteiger partial charge in [-0.1, -0.05) is 0 Å². The highest BCUT2D eigenvalue weighted by Gasteiger charge is 2.32. The largest absolute Gasteiger partial charge is 0.350 e. The molecule has 1 unspecified atom stereocenters. The van der Waals surface area contributed by atoms with Crippen LogP contribution in [0.1, 0.15) is 41.9 Å². The number of thiophene rings is 1. The van der Waals surface area contributed by atoms with E-state index in [1.54, 1.807) is 11.3 Å². The first kappa shape index (κ1) is 20.5. The molecule has 1 aliphatic carbocycles. The van der Waals surface area contributed by atoms with Crippen LogP contribution >= 0.6 is 23.1 Å². The summed E-state index contributed by atoms with van der Waals surface area (Å²) in [6.07, 6.45) is 6.24. The molecule has 0 radical (unpaired) electrons. The Morgan fingerprint density at radius 1 is 1.23 bits per heavy atom. The molecule has 0 bridgehead atoms. The van der Waals surface area contributed by atoms with Gasteiger partial charge in [-0.05, 0) is 44.1 Å². The van der Waals surface area contributed by atoms with Crippen LogP contribution < -0.4 is 5.56 Å². The normalized spacial score (nSPS) is 22.5. The molecule has 3 aliphatic rings. The number of carbonyl (C=O) groups excluding carboxylic acids is 1. The average Bonchev–Trinajstić information content (AvgIpc) is 3.42. The van der Waals surface area contributed by atoms with Crippen molar-refractivity contribution in [2.24, 2.45) is 5.92 Å². The molecule has 30 heavy (non-hydrogen) atoms. The second-order valence-corrected chi connectivity index (χ2v) is 10.3. The maximum absolute atomic E-state index is 12.7. The SMILES string of the molecule is O=C(CSCc1nc2sc3c(c2c(=O)[nH]1)CCCC3)N1CCCC(C2OCCO2)C1. The topological polar surface area (TPSA) is 84.5 Å². The van der Waals surface area contributed by atoms with E-state index in [2.05, 4.69) is 4.98 Å². The number of thioether (sulfide) groups is 1. The van der Waals surface area contributed by atoms with Gasteiger partial charge >= 0.3 is 0 Å². The Kier molecular flexibility index (Phi) is 6.13. The molecule has 4 heterocycles. The van der Waals surface area contributed by atoms with Gasteiger partial charge in [-0.15, -0.1) is 23.1 Å². The van der Waals surface area contributed by atoms with Crippen molar-refractivity contribution in [2.75, 3.05) is 32.1 Å². The van der Waals surface area contributed by atoms with Gasteiger partial charge in [0.25, 0.3) is 5.56 Å². The molecule has 1 N–H and O–H groups in total. The van der Waals surface area contributed by atoms with Crippen LogP contribution in [0.4, 0.5) is 0 Å². The van der Waals surface area contributed by atoms with Crippen LogP contribution in [-0.4, -0.2) is 59.1 Å². The van der Waals surface area contributed by atoms with Gasteiger partial charge in [0, 0.05) is 23.9 Å². The summed E-state index contributed by atoms with van der Waals surface area (Å²) >= 11 is 3.18. The van der Waals surface area contributed by atoms with E-state index in [9.17, 15) is 9.59 Å². The van der Waals surface area contributed by atoms with Gasteiger partial charge < -0.3 is 19.4 Å². The van der Waals surface area contributed by atoms with Crippen molar-refractivity contribution in [3.05, 3.63) is 26.6 Å². The number of aromatic nitrogens is 2. The van der Waals surface area contributed by atoms with Crippen molar-refractivity contribution >= 4 is 39.2 Å². The molecule has 9 heteroatoms. The number of ether oxygens (including phenoxy) is 2. The number of aromatic amines is 1. The monoisotopic (exact) mass is 449 g/mol. The summed E-state index contributed by atoms with van der Waals surface area (Å²) in [5, 5.41) is 0.787. The maximum Gasteiger partial charge on any atom is 0.259 e. The lowest BCUT2D eigenvalue weighted by atomic mass is 9.97. The van der Waals surface area contributed by atoms with Crippen molar-refractivity contribution in [3.63, 3.8) is 0 Å². The van der Waals surface area contributed by atoms with E-state index in [0.29, 0.717) is 37.1 Å². The van der Waals surface area contributed by atoms with E-state index in [0.717, 1.165) is 48.9 Å². The Hall–Kier alpha value is -1.42. The lowest BCUT2D eigenvalue weighted by Gasteiger charge is -2.34. The summed E-state index contributed by atoms with van der Waals surface area (Å²) in [4.78, 5) is 37.1. The number of H-pyrrole nitrogens is 1. The van der Waals surface area contributed by atoms with E-state index in [1.807, 2.05) is 4.90 Å². The number of nitrogens with zero attached hydrogens (tertiary/aromatic N) is 2. The highest BCUT2D eigenvalue weighted by atomic mass is 32.2. The Balaban J connectivity index is 1.19. The third-order valence-electron chi connectivity index (χ3n) is 6.18. The number of amides is 1. The van der Waals surface area contributed by atoms with Gasteiger partial charge in [0.05, 0.1) is 30.1 Å². The first-order valence-electron chi connectivity index (χ1n) is 10.8. The summed E-state index contributed by atoms with van der Waals surface area (Å²) in [6.45, 7) is 2.79. The number of rotatable bonds is 5. The third kappa shape index (κ3) is 4.17. The highest BCUT2D eigenvalue weighted by molar-refractivity contribution is 7.99. The molecule has 0 saturated carbocycles. The summed E-state index contributed by atoms with van der Waals surface area (Å²) < 4.78 is 11.3. The third-order valence-corrected chi connectivity index (χ3v) is 8.30. The minimum absolute atomic E-state index is 0.0308. The number of hydrogen-bond donors (Lipinski definition) is 1. The first-order chi connectivity index (χ1) is 14.7. The minimum Gasteiger partial charge on any atom is -0.350 e. The fraction of sp³-hybridized carbons (Fsp3) is 0.667. The van der Waals surface area contributed by atoms with Crippen molar-refractivity contribution < 1.29 is 14.3 Å². The van der Waals surface area contributed by atoms with Crippen molar-refractivity contribution in [1.82, 2.24) is 14.9 Å². The predicted octanol–water partition coefficient (Wildman–Crippen LogP) is 2.71. The van der Waals surface area contributed by atoms with E-state index >= 15 is 0 Å². The maximum atomic E-state index is 12.7. The van der Waals surface area contributed by atoms with Crippen molar-refractivity contribution in [2.45, 2.75) is 50.6 Å². The fourth-order valence-corrected chi connectivity index (χ4v) is 6.78. The molecular formula is C21H27N3O4S2. The van der Waals surface area contributed by atoms with Crippen LogP contribution in [0.5, 0.6) is 0 Å². The number of aryl methyl sites for hydroxylation is 2. The lowest BCUT2D eigenvalue weighted by Crippen LogP contribution is -2.44. The molecule has 2 aromatic rings. The molecule has 1 amide bonds. The molecule has 0 spiro atoms. The number of hydrogen-bond acceptors (Lipinski definition) is 7. The minimum atomic E-state index is -0.161. The van der Waals surface area contributed by atoms with E-state index in [-0.39, 0.29) is 23.7 Å². The molecule has 0 aromatic carbocycles. The molecule has 2 aliphatic heterocycles. The van der Waals surface area contributed by atoms with Crippen LogP contribution in [0.2, 0.25) is 0 Å². The second kappa shape index (κ2) is 8.98. The smallest absolute Gasteiger partial charge is 0.259 e. The summed E-state index contributed by atoms with van der Waals surface area (Å²) in [6, 6.07) is 0. The zero-order valence-electron chi connectivity index (χ0n) is 17.0. The van der Waals surface area contributed by atoms with Crippen LogP contribution in [0.15, 0.2) is 4.79 Å². The Bertz CT molecular complexity index is 983. The molecule has 1 atom stereocenters. The second-order valence-electron chi connectivity index (χ2n) is 8.25. The van der Waals surface area contributed by atoms with Gasteiger partial charge in [-0.2, -0.15) is 0 Å². The first-order valence-corrected chi connectivity index (χ1v) is 12.8. The van der Waals surface area contributed by atoms with Crippen LogP contribution in [0.25, 0.3) is 10.2 Å². The van der Waals surface area contributed by atoms with E-state index < -0.39 is 0 Å². The number of piperidine rings is 1. The molecule has 162 valence electrons. The molecule has 2 saturated heterocycles. The molecule has 2 aromatic heterocycles. The number of nitrogens with one attached hydrogen (secondary N) is 1. The summed E-state index contributed by atoms with van der Waals surface area (Å²) in [5.74, 6) is 1.99. The highest BCUT2D eigenvalue weighted by Crippen LogP contribution is 2.33. The van der Waals surface area contributed by atoms with E-state index in [1.165, 1.54) is 28.6 Å². The molecule has 7 nitrogen and oxygen atoms in total. The fourth-order valence-electron chi connectivity index (χ4n) is 4.71. The predicted molar refractivity (Wildman–Crippen MR) is 118 cm³/mol. The van der Waals surface area contributed by atoms with Gasteiger partial charge in [0.1, 0.15) is 10.7 Å². The van der Waals surface area contributed by atoms with E-state index in [4.69, 9.17) is 14.5 Å². The average molecular weight is 450 g/mol. The van der Waals surface area contributed by atoms with Crippen molar-refractivity contribution in [1.29, 1.82) is 0 Å². The van der Waals surface area contributed by atoms with Gasteiger partial charge in [0.15, 0.2) is 6.29 Å². The zero-order valence-corrected chi connectivity index (χ0v) is 18.6. The molecular weight excluding hydrogens is 422 g/mol. The molecule has 2 fully saturated rings. The van der Waals surface area contributed by atoms with Crippen LogP contribution in [0.3, 0.4) is 0 Å². The van der Waals surface area contributed by atoms with Crippen molar-refractivity contribution in [3.8, 4) is 0 Å². The summed E-state index contributed by atoms with van der Waals surface area (Å²) in [7, 11) is 0. The Morgan fingerprint density at radius 2 is 2.07 bits per heavy atom. The number of carbonyl (C=O) groups is 1. The lowest BCUT2D eigenvalue weighted by molar-refractivity contribution is -0.136. The zero-order chi connectivity index (χ0) is 20.5. The number of likely N-dealkylation sites (tertiary alicyclic amines) is 1. The van der Waals surface area contributed by atoms with Gasteiger partial charge in [-0.3, -0.25) is 9.59 Å².